The molecule has 0 aliphatic carbocycles. The number of piperidine rings is 1. The molecule has 3 rings (SSSR count). The van der Waals surface area contributed by atoms with Crippen LogP contribution >= 0.6 is 0 Å². The van der Waals surface area contributed by atoms with E-state index in [1.807, 2.05) is 25.1 Å². The molecule has 3 heterocycles. The number of aromatic nitrogens is 2. The maximum Gasteiger partial charge on any atom is 0.490 e. The van der Waals surface area contributed by atoms with Gasteiger partial charge in [0.1, 0.15) is 0 Å². The SMILES string of the molecule is CN(C)C(=O)N1CCC2(CCCN(c3ncccn3)C2)C1.O=C(O)C(F)(F)F. The zero-order chi connectivity index (χ0) is 20.9. The van der Waals surface area contributed by atoms with Gasteiger partial charge < -0.3 is 19.8 Å². The molecule has 2 aliphatic heterocycles. The van der Waals surface area contributed by atoms with E-state index in [2.05, 4.69) is 14.9 Å². The van der Waals surface area contributed by atoms with Gasteiger partial charge in [-0.25, -0.2) is 19.6 Å². The number of alkyl halides is 3. The average Bonchev–Trinajstić information content (AvgIpc) is 3.04. The third-order valence-electron chi connectivity index (χ3n) is 4.83. The number of carboxylic acids is 1. The van der Waals surface area contributed by atoms with E-state index in [0.717, 1.165) is 45.0 Å². The van der Waals surface area contributed by atoms with Crippen molar-refractivity contribution in [2.75, 3.05) is 45.2 Å². The van der Waals surface area contributed by atoms with Crippen molar-refractivity contribution in [3.8, 4) is 0 Å². The van der Waals surface area contributed by atoms with Gasteiger partial charge in [-0.3, -0.25) is 0 Å². The minimum absolute atomic E-state index is 0.125. The first-order chi connectivity index (χ1) is 13.0. The van der Waals surface area contributed by atoms with Crippen molar-refractivity contribution in [2.45, 2.75) is 25.4 Å². The Morgan fingerprint density at radius 1 is 1.14 bits per heavy atom. The first-order valence-corrected chi connectivity index (χ1v) is 8.82. The van der Waals surface area contributed by atoms with E-state index >= 15 is 0 Å². The highest BCUT2D eigenvalue weighted by Crippen LogP contribution is 2.39. The summed E-state index contributed by atoms with van der Waals surface area (Å²) in [7, 11) is 3.64. The fourth-order valence-electron chi connectivity index (χ4n) is 3.55. The number of hydrogen-bond donors (Lipinski definition) is 1. The molecule has 0 bridgehead atoms. The third kappa shape index (κ3) is 5.46. The molecule has 1 unspecified atom stereocenters. The van der Waals surface area contributed by atoms with Crippen LogP contribution in [0, 0.1) is 5.41 Å². The van der Waals surface area contributed by atoms with E-state index in [-0.39, 0.29) is 11.4 Å². The van der Waals surface area contributed by atoms with Gasteiger partial charge in [-0.1, -0.05) is 0 Å². The number of carbonyl (C=O) groups is 2. The van der Waals surface area contributed by atoms with Crippen molar-refractivity contribution in [3.63, 3.8) is 0 Å². The summed E-state index contributed by atoms with van der Waals surface area (Å²) in [6.07, 6.45) is 1.91. The molecule has 0 aromatic carbocycles. The number of amides is 2. The summed E-state index contributed by atoms with van der Waals surface area (Å²) in [5.74, 6) is -1.94. The maximum absolute atomic E-state index is 12.1. The van der Waals surface area contributed by atoms with Crippen LogP contribution in [0.15, 0.2) is 18.5 Å². The van der Waals surface area contributed by atoms with Crippen molar-refractivity contribution in [3.05, 3.63) is 18.5 Å². The van der Waals surface area contributed by atoms with Crippen LogP contribution in [0.25, 0.3) is 0 Å². The van der Waals surface area contributed by atoms with Gasteiger partial charge in [0, 0.05) is 58.1 Å². The lowest BCUT2D eigenvalue weighted by molar-refractivity contribution is -0.192. The summed E-state index contributed by atoms with van der Waals surface area (Å²) < 4.78 is 31.7. The van der Waals surface area contributed by atoms with E-state index in [1.165, 1.54) is 6.42 Å². The van der Waals surface area contributed by atoms with Gasteiger partial charge in [0.25, 0.3) is 0 Å². The molecule has 0 saturated carbocycles. The number of anilines is 1. The predicted molar refractivity (Wildman–Crippen MR) is 94.9 cm³/mol. The number of aliphatic carboxylic acids is 1. The van der Waals surface area contributed by atoms with Crippen LogP contribution in [0.3, 0.4) is 0 Å². The maximum atomic E-state index is 12.1. The first-order valence-electron chi connectivity index (χ1n) is 8.82. The molecule has 1 spiro atoms. The Balaban J connectivity index is 0.000000345. The molecule has 28 heavy (non-hydrogen) atoms. The van der Waals surface area contributed by atoms with Crippen LogP contribution in [0.5, 0.6) is 0 Å². The molecule has 1 N–H and O–H groups in total. The Morgan fingerprint density at radius 2 is 1.75 bits per heavy atom. The standard InChI is InChI=1S/C15H23N5O.C2HF3O2/c1-18(2)14(21)20-10-6-15(12-20)5-3-9-19(11-15)13-16-7-4-8-17-13;3-2(4,5)1(6)7/h4,7-8H,3,5-6,9-12H2,1-2H3;(H,6,7). The second kappa shape index (κ2) is 8.61. The van der Waals surface area contributed by atoms with E-state index in [4.69, 9.17) is 9.90 Å². The predicted octanol–water partition coefficient (Wildman–Crippen LogP) is 2.08. The highest BCUT2D eigenvalue weighted by molar-refractivity contribution is 5.74. The van der Waals surface area contributed by atoms with Gasteiger partial charge in [0.2, 0.25) is 5.95 Å². The van der Waals surface area contributed by atoms with Crippen molar-refractivity contribution >= 4 is 17.9 Å². The minimum Gasteiger partial charge on any atom is -0.475 e. The summed E-state index contributed by atoms with van der Waals surface area (Å²) in [5, 5.41) is 7.12. The van der Waals surface area contributed by atoms with E-state index in [0.29, 0.717) is 0 Å². The molecule has 11 heteroatoms. The summed E-state index contributed by atoms with van der Waals surface area (Å²) in [4.78, 5) is 35.7. The lowest BCUT2D eigenvalue weighted by atomic mass is 9.79. The fraction of sp³-hybridized carbons (Fsp3) is 0.647. The first kappa shape index (κ1) is 21.7. The Bertz CT molecular complexity index is 686. The van der Waals surface area contributed by atoms with Crippen LogP contribution in [-0.4, -0.2) is 83.3 Å². The van der Waals surface area contributed by atoms with Gasteiger partial charge in [-0.05, 0) is 25.3 Å². The highest BCUT2D eigenvalue weighted by atomic mass is 19.4. The number of halogens is 3. The summed E-state index contributed by atoms with van der Waals surface area (Å²) in [6.45, 7) is 3.68. The van der Waals surface area contributed by atoms with Crippen molar-refractivity contribution in [1.29, 1.82) is 0 Å². The van der Waals surface area contributed by atoms with E-state index in [1.54, 1.807) is 17.3 Å². The number of hydrogen-bond acceptors (Lipinski definition) is 5. The molecule has 156 valence electrons. The zero-order valence-corrected chi connectivity index (χ0v) is 15.8. The van der Waals surface area contributed by atoms with Crippen molar-refractivity contribution in [2.24, 2.45) is 5.41 Å². The number of rotatable bonds is 1. The lowest BCUT2D eigenvalue weighted by Gasteiger charge is -2.40. The molecule has 1 atom stereocenters. The Labute approximate surface area is 161 Å². The summed E-state index contributed by atoms with van der Waals surface area (Å²) in [6, 6.07) is 1.97. The number of carbonyl (C=O) groups excluding carboxylic acids is 1. The molecular weight excluding hydrogens is 379 g/mol. The monoisotopic (exact) mass is 403 g/mol. The van der Waals surface area contributed by atoms with Crippen molar-refractivity contribution < 1.29 is 27.9 Å². The molecule has 1 aromatic heterocycles. The Kier molecular flexibility index (Phi) is 6.68. The highest BCUT2D eigenvalue weighted by Gasteiger charge is 2.43. The molecular formula is C17H24F3N5O3. The lowest BCUT2D eigenvalue weighted by Crippen LogP contribution is -2.47. The normalized spacial score (nSPS) is 21.9. The molecule has 2 aliphatic rings. The van der Waals surface area contributed by atoms with Gasteiger partial charge in [-0.2, -0.15) is 13.2 Å². The summed E-state index contributed by atoms with van der Waals surface area (Å²) in [5.41, 5.74) is 0.211. The van der Waals surface area contributed by atoms with Crippen LogP contribution in [0.4, 0.5) is 23.9 Å². The number of likely N-dealkylation sites (tertiary alicyclic amines) is 1. The number of urea groups is 1. The quantitative estimate of drug-likeness (QED) is 0.772. The average molecular weight is 403 g/mol. The molecule has 1 aromatic rings. The van der Waals surface area contributed by atoms with Gasteiger partial charge in [0.05, 0.1) is 0 Å². The van der Waals surface area contributed by atoms with E-state index < -0.39 is 12.1 Å². The van der Waals surface area contributed by atoms with Crippen LogP contribution in [0.2, 0.25) is 0 Å². The molecule has 2 saturated heterocycles. The topological polar surface area (TPSA) is 89.9 Å². The van der Waals surface area contributed by atoms with Crippen LogP contribution in [0.1, 0.15) is 19.3 Å². The largest absolute Gasteiger partial charge is 0.490 e. The van der Waals surface area contributed by atoms with Crippen LogP contribution in [-0.2, 0) is 4.79 Å². The minimum atomic E-state index is -5.08. The Morgan fingerprint density at radius 3 is 2.29 bits per heavy atom. The van der Waals surface area contributed by atoms with E-state index in [9.17, 15) is 18.0 Å². The number of nitrogens with zero attached hydrogens (tertiary/aromatic N) is 5. The second-order valence-electron chi connectivity index (χ2n) is 7.23. The van der Waals surface area contributed by atoms with Crippen molar-refractivity contribution in [1.82, 2.24) is 19.8 Å². The van der Waals surface area contributed by atoms with Crippen LogP contribution < -0.4 is 4.90 Å². The fourth-order valence-corrected chi connectivity index (χ4v) is 3.55. The zero-order valence-electron chi connectivity index (χ0n) is 15.8. The summed E-state index contributed by atoms with van der Waals surface area (Å²) >= 11 is 0. The molecule has 2 amide bonds. The smallest absolute Gasteiger partial charge is 0.475 e. The second-order valence-corrected chi connectivity index (χ2v) is 7.23. The molecule has 0 radical (unpaired) electrons. The van der Waals surface area contributed by atoms with Gasteiger partial charge >= 0.3 is 18.2 Å². The van der Waals surface area contributed by atoms with Gasteiger partial charge in [-0.15, -0.1) is 0 Å². The molecule has 2 fully saturated rings. The number of carboxylic acid groups (broad SMARTS) is 1. The Hall–Kier alpha value is -2.59. The molecule has 8 nitrogen and oxygen atoms in total. The third-order valence-corrected chi connectivity index (χ3v) is 4.83. The van der Waals surface area contributed by atoms with Gasteiger partial charge in [0.15, 0.2) is 0 Å².